The minimum absolute atomic E-state index is 0.760. The lowest BCUT2D eigenvalue weighted by Gasteiger charge is -2.36. The van der Waals surface area contributed by atoms with Crippen LogP contribution in [0, 0.1) is 0 Å². The Labute approximate surface area is 107 Å². The molecule has 0 heterocycles. The van der Waals surface area contributed by atoms with Crippen LogP contribution in [0.2, 0.25) is 0 Å². The molecule has 0 unspecified atom stereocenters. The lowest BCUT2D eigenvalue weighted by Crippen LogP contribution is -2.40. The van der Waals surface area contributed by atoms with Gasteiger partial charge in [-0.1, -0.05) is 41.4 Å². The van der Waals surface area contributed by atoms with Gasteiger partial charge in [-0.2, -0.15) is 0 Å². The molecule has 0 aromatic heterocycles. The molecule has 0 aliphatic heterocycles. The minimum atomic E-state index is 0.760. The monoisotopic (exact) mass is 281 g/mol. The van der Waals surface area contributed by atoms with Crippen molar-refractivity contribution in [2.24, 2.45) is 0 Å². The van der Waals surface area contributed by atoms with Crippen molar-refractivity contribution in [2.75, 3.05) is 6.54 Å². The first-order valence-electron chi connectivity index (χ1n) is 6.28. The summed E-state index contributed by atoms with van der Waals surface area (Å²) in [6.45, 7) is 3.43. The first-order valence-corrected chi connectivity index (χ1v) is 7.07. The van der Waals surface area contributed by atoms with Crippen molar-refractivity contribution in [1.82, 2.24) is 5.32 Å². The average molecular weight is 282 g/mol. The second-order valence-electron chi connectivity index (χ2n) is 4.73. The molecular weight excluding hydrogens is 262 g/mol. The third-order valence-electron chi connectivity index (χ3n) is 3.42. The van der Waals surface area contributed by atoms with Gasteiger partial charge >= 0.3 is 0 Å². The summed E-state index contributed by atoms with van der Waals surface area (Å²) in [4.78, 5) is 0. The Morgan fingerprint density at radius 1 is 1.38 bits per heavy atom. The minimum Gasteiger partial charge on any atom is -0.314 e. The fourth-order valence-corrected chi connectivity index (χ4v) is 2.72. The summed E-state index contributed by atoms with van der Waals surface area (Å²) in [5.41, 5.74) is 1.49. The van der Waals surface area contributed by atoms with Crippen LogP contribution in [-0.2, 0) is 0 Å². The fourth-order valence-electron chi connectivity index (χ4n) is 2.30. The number of unbranched alkanes of at least 4 members (excludes halogenated alkanes) is 1. The van der Waals surface area contributed by atoms with E-state index >= 15 is 0 Å². The van der Waals surface area contributed by atoms with Gasteiger partial charge in [0.2, 0.25) is 0 Å². The molecule has 1 nitrogen and oxygen atoms in total. The van der Waals surface area contributed by atoms with Gasteiger partial charge in [0.1, 0.15) is 0 Å². The van der Waals surface area contributed by atoms with E-state index in [0.717, 1.165) is 12.0 Å². The maximum atomic E-state index is 3.62. The van der Waals surface area contributed by atoms with Crippen LogP contribution in [0.25, 0.3) is 0 Å². The Morgan fingerprint density at radius 2 is 2.19 bits per heavy atom. The molecule has 0 saturated heterocycles. The Balaban J connectivity index is 1.75. The summed E-state index contributed by atoms with van der Waals surface area (Å²) in [6.07, 6.45) is 5.20. The first-order chi connectivity index (χ1) is 7.79. The van der Waals surface area contributed by atoms with Gasteiger partial charge in [0.25, 0.3) is 0 Å². The second kappa shape index (κ2) is 5.83. The van der Waals surface area contributed by atoms with Crippen LogP contribution in [0.1, 0.15) is 44.1 Å². The van der Waals surface area contributed by atoms with E-state index in [9.17, 15) is 0 Å². The topological polar surface area (TPSA) is 12.0 Å². The number of halogens is 1. The van der Waals surface area contributed by atoms with Crippen LogP contribution in [0.3, 0.4) is 0 Å². The van der Waals surface area contributed by atoms with Gasteiger partial charge in [-0.05, 0) is 49.4 Å². The van der Waals surface area contributed by atoms with Crippen LogP contribution < -0.4 is 5.32 Å². The number of hydrogen-bond donors (Lipinski definition) is 1. The van der Waals surface area contributed by atoms with Crippen molar-refractivity contribution in [1.29, 1.82) is 0 Å². The smallest absolute Gasteiger partial charge is 0.0178 e. The van der Waals surface area contributed by atoms with E-state index in [2.05, 4.69) is 52.4 Å². The molecule has 0 amide bonds. The van der Waals surface area contributed by atoms with Crippen molar-refractivity contribution in [3.05, 3.63) is 34.3 Å². The Bertz CT molecular complexity index is 331. The third-order valence-corrected chi connectivity index (χ3v) is 3.91. The number of benzene rings is 1. The van der Waals surface area contributed by atoms with Crippen LogP contribution in [0.5, 0.6) is 0 Å². The number of hydrogen-bond acceptors (Lipinski definition) is 1. The van der Waals surface area contributed by atoms with Gasteiger partial charge in [0.05, 0.1) is 0 Å². The van der Waals surface area contributed by atoms with Gasteiger partial charge < -0.3 is 5.32 Å². The summed E-state index contributed by atoms with van der Waals surface area (Å²) in [5, 5.41) is 3.62. The zero-order chi connectivity index (χ0) is 11.4. The largest absolute Gasteiger partial charge is 0.314 e. The van der Waals surface area contributed by atoms with Crippen LogP contribution in [-0.4, -0.2) is 12.6 Å². The van der Waals surface area contributed by atoms with Gasteiger partial charge in [-0.15, -0.1) is 0 Å². The molecule has 0 radical (unpaired) electrons. The summed E-state index contributed by atoms with van der Waals surface area (Å²) in [6, 6.07) is 9.50. The molecule has 1 aliphatic rings. The highest BCUT2D eigenvalue weighted by molar-refractivity contribution is 9.10. The number of nitrogens with one attached hydrogen (secondary N) is 1. The summed E-state index contributed by atoms with van der Waals surface area (Å²) in [5.74, 6) is 0.775. The molecule has 1 aliphatic carbocycles. The average Bonchev–Trinajstić information content (AvgIpc) is 2.21. The van der Waals surface area contributed by atoms with Crippen molar-refractivity contribution in [2.45, 2.75) is 44.6 Å². The molecule has 1 N–H and O–H groups in total. The van der Waals surface area contributed by atoms with Gasteiger partial charge in [-0.3, -0.25) is 0 Å². The quantitative estimate of drug-likeness (QED) is 0.802. The van der Waals surface area contributed by atoms with Crippen LogP contribution in [0.4, 0.5) is 0 Å². The van der Waals surface area contributed by atoms with E-state index in [4.69, 9.17) is 0 Å². The van der Waals surface area contributed by atoms with Gasteiger partial charge in [-0.25, -0.2) is 0 Å². The summed E-state index contributed by atoms with van der Waals surface area (Å²) >= 11 is 3.53. The van der Waals surface area contributed by atoms with Crippen molar-refractivity contribution >= 4 is 15.9 Å². The molecule has 0 spiro atoms. The molecule has 0 bridgehead atoms. The predicted molar refractivity (Wildman–Crippen MR) is 72.8 cm³/mol. The summed E-state index contributed by atoms with van der Waals surface area (Å²) < 4.78 is 1.20. The van der Waals surface area contributed by atoms with Crippen molar-refractivity contribution in [3.63, 3.8) is 0 Å². The first kappa shape index (κ1) is 12.1. The predicted octanol–water partition coefficient (Wildman–Crippen LogP) is 4.08. The van der Waals surface area contributed by atoms with E-state index < -0.39 is 0 Å². The van der Waals surface area contributed by atoms with E-state index in [1.54, 1.807) is 0 Å². The van der Waals surface area contributed by atoms with Gasteiger partial charge in [0.15, 0.2) is 0 Å². The molecule has 16 heavy (non-hydrogen) atoms. The molecule has 1 aromatic carbocycles. The van der Waals surface area contributed by atoms with E-state index in [-0.39, 0.29) is 0 Å². The molecule has 1 saturated carbocycles. The molecule has 88 valence electrons. The van der Waals surface area contributed by atoms with Crippen molar-refractivity contribution in [3.8, 4) is 0 Å². The lowest BCUT2D eigenvalue weighted by molar-refractivity contribution is 0.290. The normalized spacial score (nSPS) is 24.1. The summed E-state index contributed by atoms with van der Waals surface area (Å²) in [7, 11) is 0. The standard InChI is InChI=1S/C14H20BrN/c1-2-3-7-16-14-9-12(10-14)11-5-4-6-13(15)8-11/h4-6,8,12,14,16H,2-3,7,9-10H2,1H3. The zero-order valence-electron chi connectivity index (χ0n) is 9.88. The van der Waals surface area contributed by atoms with Crippen LogP contribution in [0.15, 0.2) is 28.7 Å². The lowest BCUT2D eigenvalue weighted by atomic mass is 9.76. The van der Waals surface area contributed by atoms with E-state index in [0.29, 0.717) is 0 Å². The molecule has 2 heteroatoms. The molecular formula is C14H20BrN. The highest BCUT2D eigenvalue weighted by Gasteiger charge is 2.29. The maximum Gasteiger partial charge on any atom is 0.0178 e. The molecule has 1 aromatic rings. The second-order valence-corrected chi connectivity index (χ2v) is 5.64. The fraction of sp³-hybridized carbons (Fsp3) is 0.571. The number of rotatable bonds is 5. The van der Waals surface area contributed by atoms with Crippen molar-refractivity contribution < 1.29 is 0 Å². The Morgan fingerprint density at radius 3 is 2.88 bits per heavy atom. The maximum absolute atomic E-state index is 3.62. The van der Waals surface area contributed by atoms with E-state index in [1.807, 2.05) is 0 Å². The highest BCUT2D eigenvalue weighted by atomic mass is 79.9. The Hall–Kier alpha value is -0.340. The third kappa shape index (κ3) is 3.08. The van der Waals surface area contributed by atoms with Gasteiger partial charge in [0, 0.05) is 10.5 Å². The van der Waals surface area contributed by atoms with Crippen LogP contribution >= 0.6 is 15.9 Å². The SMILES string of the molecule is CCCCNC1CC(c2cccc(Br)c2)C1. The Kier molecular flexibility index (Phi) is 4.42. The zero-order valence-corrected chi connectivity index (χ0v) is 11.5. The molecule has 1 fully saturated rings. The van der Waals surface area contributed by atoms with E-state index in [1.165, 1.54) is 42.3 Å². The molecule has 2 rings (SSSR count). The molecule has 0 atom stereocenters. The highest BCUT2D eigenvalue weighted by Crippen LogP contribution is 2.37.